The number of benzene rings is 2. The molecule has 8 nitrogen and oxygen atoms in total. The van der Waals surface area contributed by atoms with E-state index in [-0.39, 0.29) is 22.3 Å². The van der Waals surface area contributed by atoms with Crippen molar-refractivity contribution in [1.29, 1.82) is 0 Å². The standard InChI is InChI=1S/C23H23FN4O2S.C2HF3O2/c24-17-8-6-16(7-9-17)20(29)21-19(25)18(23(30)28-12-10-26-11-13-28)22(31-21)27-14-15-4-2-1-3-5-15;3-2(4,5)1(6)7/h1-9,26-27H,10-14,25H2;(H,6,7). The highest BCUT2D eigenvalue weighted by Gasteiger charge is 2.38. The number of carbonyl (C=O) groups excluding carboxylic acids is 2. The van der Waals surface area contributed by atoms with E-state index >= 15 is 0 Å². The van der Waals surface area contributed by atoms with Crippen LogP contribution in [0.3, 0.4) is 0 Å². The number of aliphatic carboxylic acids is 1. The first kappa shape index (κ1) is 28.6. The van der Waals surface area contributed by atoms with E-state index in [1.165, 1.54) is 24.3 Å². The van der Waals surface area contributed by atoms with Gasteiger partial charge in [-0.05, 0) is 29.8 Å². The Morgan fingerprint density at radius 3 is 2.16 bits per heavy atom. The summed E-state index contributed by atoms with van der Waals surface area (Å²) >= 11 is 1.16. The predicted octanol–water partition coefficient (Wildman–Crippen LogP) is 3.99. The maximum Gasteiger partial charge on any atom is 0.490 e. The molecule has 1 aliphatic heterocycles. The van der Waals surface area contributed by atoms with Crippen LogP contribution in [0, 0.1) is 5.82 Å². The second-order valence-corrected chi connectivity index (χ2v) is 9.09. The molecule has 38 heavy (non-hydrogen) atoms. The van der Waals surface area contributed by atoms with Gasteiger partial charge in [0, 0.05) is 38.3 Å². The quantitative estimate of drug-likeness (QED) is 0.269. The molecule has 1 aliphatic rings. The van der Waals surface area contributed by atoms with Gasteiger partial charge in [0.2, 0.25) is 5.78 Å². The Labute approximate surface area is 219 Å². The van der Waals surface area contributed by atoms with Crippen molar-refractivity contribution >= 4 is 39.7 Å². The van der Waals surface area contributed by atoms with Crippen LogP contribution in [0.4, 0.5) is 28.3 Å². The lowest BCUT2D eigenvalue weighted by Crippen LogP contribution is -2.46. The van der Waals surface area contributed by atoms with Crippen LogP contribution in [0.25, 0.3) is 0 Å². The maximum absolute atomic E-state index is 13.3. The van der Waals surface area contributed by atoms with Crippen molar-refractivity contribution in [2.24, 2.45) is 0 Å². The van der Waals surface area contributed by atoms with Gasteiger partial charge < -0.3 is 26.4 Å². The zero-order valence-corrected chi connectivity index (χ0v) is 20.7. The molecule has 0 unspecified atom stereocenters. The van der Waals surface area contributed by atoms with Crippen LogP contribution in [0.5, 0.6) is 0 Å². The highest BCUT2D eigenvalue weighted by Crippen LogP contribution is 2.38. The molecule has 1 saturated heterocycles. The molecular formula is C25H24F4N4O4S. The summed E-state index contributed by atoms with van der Waals surface area (Å²) in [5.41, 5.74) is 8.22. The molecule has 2 heterocycles. The second-order valence-electron chi connectivity index (χ2n) is 8.07. The van der Waals surface area contributed by atoms with Crippen LogP contribution in [0.2, 0.25) is 0 Å². The van der Waals surface area contributed by atoms with Gasteiger partial charge in [0.05, 0.1) is 11.3 Å². The number of nitrogens with two attached hydrogens (primary N) is 1. The minimum atomic E-state index is -5.08. The number of nitrogen functional groups attached to an aromatic ring is 1. The Hall–Kier alpha value is -3.97. The lowest BCUT2D eigenvalue weighted by molar-refractivity contribution is -0.192. The molecule has 1 aromatic heterocycles. The van der Waals surface area contributed by atoms with Crippen LogP contribution in [0.15, 0.2) is 54.6 Å². The number of rotatable bonds is 6. The Bertz CT molecular complexity index is 1280. The smallest absolute Gasteiger partial charge is 0.475 e. The van der Waals surface area contributed by atoms with Crippen LogP contribution in [0.1, 0.15) is 31.2 Å². The number of carboxylic acids is 1. The van der Waals surface area contributed by atoms with E-state index in [1.54, 1.807) is 4.90 Å². The average molecular weight is 553 g/mol. The predicted molar refractivity (Wildman–Crippen MR) is 135 cm³/mol. The Kier molecular flexibility index (Phi) is 9.42. The molecular weight excluding hydrogens is 528 g/mol. The van der Waals surface area contributed by atoms with E-state index in [9.17, 15) is 27.2 Å². The van der Waals surface area contributed by atoms with Crippen molar-refractivity contribution in [1.82, 2.24) is 10.2 Å². The number of hydrogen-bond donors (Lipinski definition) is 4. The van der Waals surface area contributed by atoms with Gasteiger partial charge in [-0.2, -0.15) is 13.2 Å². The van der Waals surface area contributed by atoms with Crippen molar-refractivity contribution in [2.45, 2.75) is 12.7 Å². The zero-order chi connectivity index (χ0) is 27.9. The highest BCUT2D eigenvalue weighted by atomic mass is 32.1. The molecule has 0 atom stereocenters. The second kappa shape index (κ2) is 12.5. The maximum atomic E-state index is 13.3. The number of carbonyl (C=O) groups is 3. The molecule has 5 N–H and O–H groups in total. The Morgan fingerprint density at radius 1 is 1.03 bits per heavy atom. The lowest BCUT2D eigenvalue weighted by Gasteiger charge is -2.27. The van der Waals surface area contributed by atoms with Gasteiger partial charge in [0.25, 0.3) is 5.91 Å². The van der Waals surface area contributed by atoms with E-state index in [1.807, 2.05) is 30.3 Å². The van der Waals surface area contributed by atoms with Crippen LogP contribution >= 0.6 is 11.3 Å². The molecule has 4 rings (SSSR count). The molecule has 2 aromatic carbocycles. The number of hydrogen-bond acceptors (Lipinski definition) is 7. The van der Waals surface area contributed by atoms with Crippen molar-refractivity contribution in [3.63, 3.8) is 0 Å². The highest BCUT2D eigenvalue weighted by molar-refractivity contribution is 7.19. The van der Waals surface area contributed by atoms with Gasteiger partial charge in [0.1, 0.15) is 15.7 Å². The summed E-state index contributed by atoms with van der Waals surface area (Å²) in [5, 5.41) is 14.2. The number of carboxylic acid groups (broad SMARTS) is 1. The largest absolute Gasteiger partial charge is 0.490 e. The zero-order valence-electron chi connectivity index (χ0n) is 19.8. The summed E-state index contributed by atoms with van der Waals surface area (Å²) in [6.07, 6.45) is -5.08. The summed E-state index contributed by atoms with van der Waals surface area (Å²) in [5.74, 6) is -3.70. The topological polar surface area (TPSA) is 125 Å². The molecule has 1 fully saturated rings. The average Bonchev–Trinajstić information content (AvgIpc) is 3.23. The van der Waals surface area contributed by atoms with Gasteiger partial charge in [0.15, 0.2) is 0 Å². The number of ketones is 1. The Balaban J connectivity index is 0.000000505. The first-order valence-electron chi connectivity index (χ1n) is 11.3. The summed E-state index contributed by atoms with van der Waals surface area (Å²) < 4.78 is 45.0. The fraction of sp³-hybridized carbons (Fsp3) is 0.240. The lowest BCUT2D eigenvalue weighted by atomic mass is 10.1. The molecule has 202 valence electrons. The van der Waals surface area contributed by atoms with Crippen LogP contribution < -0.4 is 16.4 Å². The molecule has 0 saturated carbocycles. The molecule has 0 spiro atoms. The van der Waals surface area contributed by atoms with E-state index in [0.29, 0.717) is 48.9 Å². The number of nitrogens with one attached hydrogen (secondary N) is 2. The number of thiophene rings is 1. The fourth-order valence-electron chi connectivity index (χ4n) is 3.49. The fourth-order valence-corrected chi connectivity index (χ4v) is 4.56. The molecule has 1 amide bonds. The molecule has 0 radical (unpaired) electrons. The van der Waals surface area contributed by atoms with E-state index in [2.05, 4.69) is 10.6 Å². The number of halogens is 4. The monoisotopic (exact) mass is 552 g/mol. The van der Waals surface area contributed by atoms with E-state index in [4.69, 9.17) is 15.6 Å². The number of alkyl halides is 3. The normalized spacial score (nSPS) is 13.3. The summed E-state index contributed by atoms with van der Waals surface area (Å²) in [4.78, 5) is 37.3. The number of amides is 1. The van der Waals surface area contributed by atoms with E-state index in [0.717, 1.165) is 16.9 Å². The minimum absolute atomic E-state index is 0.165. The summed E-state index contributed by atoms with van der Waals surface area (Å²) in [6.45, 7) is 3.07. The third kappa shape index (κ3) is 7.29. The summed E-state index contributed by atoms with van der Waals surface area (Å²) in [6, 6.07) is 15.1. The first-order valence-corrected chi connectivity index (χ1v) is 12.1. The molecule has 13 heteroatoms. The first-order chi connectivity index (χ1) is 18.0. The van der Waals surface area contributed by atoms with Crippen LogP contribution in [-0.2, 0) is 11.3 Å². The third-order valence-corrected chi connectivity index (χ3v) is 6.58. The van der Waals surface area contributed by atoms with Crippen molar-refractivity contribution in [2.75, 3.05) is 37.2 Å². The van der Waals surface area contributed by atoms with Gasteiger partial charge in [-0.25, -0.2) is 9.18 Å². The van der Waals surface area contributed by atoms with Gasteiger partial charge in [-0.3, -0.25) is 9.59 Å². The van der Waals surface area contributed by atoms with Crippen molar-refractivity contribution in [3.8, 4) is 0 Å². The molecule has 0 bridgehead atoms. The molecule has 0 aliphatic carbocycles. The Morgan fingerprint density at radius 2 is 1.61 bits per heavy atom. The van der Waals surface area contributed by atoms with Gasteiger partial charge in [-0.15, -0.1) is 11.3 Å². The van der Waals surface area contributed by atoms with Gasteiger partial charge >= 0.3 is 12.1 Å². The van der Waals surface area contributed by atoms with Crippen molar-refractivity contribution in [3.05, 3.63) is 82.0 Å². The van der Waals surface area contributed by atoms with Crippen molar-refractivity contribution < 1.29 is 37.1 Å². The minimum Gasteiger partial charge on any atom is -0.475 e. The molecule has 3 aromatic rings. The SMILES string of the molecule is Nc1c(C(=O)c2ccc(F)cc2)sc(NCc2ccccc2)c1C(=O)N1CCNCC1.O=C(O)C(F)(F)F. The number of nitrogens with zero attached hydrogens (tertiary/aromatic N) is 1. The number of anilines is 2. The summed E-state index contributed by atoms with van der Waals surface area (Å²) in [7, 11) is 0. The van der Waals surface area contributed by atoms with Crippen LogP contribution in [-0.4, -0.2) is 60.0 Å². The number of piperazine rings is 1. The third-order valence-electron chi connectivity index (χ3n) is 5.41. The van der Waals surface area contributed by atoms with Gasteiger partial charge in [-0.1, -0.05) is 30.3 Å². The van der Waals surface area contributed by atoms with E-state index < -0.39 is 18.0 Å².